The maximum Gasteiger partial charge on any atom is 0.231 e. The van der Waals surface area contributed by atoms with Gasteiger partial charge in [-0.2, -0.15) is 0 Å². The zero-order chi connectivity index (χ0) is 19.1. The Morgan fingerprint density at radius 2 is 1.96 bits per heavy atom. The summed E-state index contributed by atoms with van der Waals surface area (Å²) in [4.78, 5) is 8.89. The number of benzene rings is 2. The third-order valence-electron chi connectivity index (χ3n) is 4.96. The number of hydrogen-bond donors (Lipinski definition) is 3. The third-order valence-corrected chi connectivity index (χ3v) is 5.94. The van der Waals surface area contributed by atoms with Gasteiger partial charge >= 0.3 is 0 Å². The van der Waals surface area contributed by atoms with E-state index in [0.717, 1.165) is 39.6 Å². The molecule has 2 aromatic heterocycles. The normalized spacial score (nSPS) is 13.9. The first-order valence-corrected chi connectivity index (χ1v) is 9.95. The van der Waals surface area contributed by atoms with E-state index >= 15 is 0 Å². The Kier molecular flexibility index (Phi) is 4.18. The van der Waals surface area contributed by atoms with Crippen molar-refractivity contribution < 1.29 is 9.47 Å². The summed E-state index contributed by atoms with van der Waals surface area (Å²) in [6.45, 7) is 0.256. The summed E-state index contributed by atoms with van der Waals surface area (Å²) in [5.74, 6) is 1.51. The highest BCUT2D eigenvalue weighted by Crippen LogP contribution is 2.39. The van der Waals surface area contributed by atoms with Crippen molar-refractivity contribution in [1.82, 2.24) is 9.97 Å². The monoisotopic (exact) mass is 392 g/mol. The lowest BCUT2D eigenvalue weighted by molar-refractivity contribution is 0.174. The number of H-pyrrole nitrogens is 1. The summed E-state index contributed by atoms with van der Waals surface area (Å²) in [7, 11) is 0. The van der Waals surface area contributed by atoms with E-state index in [1.54, 1.807) is 0 Å². The highest BCUT2D eigenvalue weighted by atomic mass is 32.1. The SMILES string of the molecule is Nc1nc(C[C@@H](N)Cc2c[nH]c3ccccc23)c(-c2ccc3c(c2)OCO3)s1. The first-order valence-electron chi connectivity index (χ1n) is 9.13. The van der Waals surface area contributed by atoms with E-state index in [9.17, 15) is 0 Å². The minimum Gasteiger partial charge on any atom is -0.454 e. The van der Waals surface area contributed by atoms with Gasteiger partial charge in [0.15, 0.2) is 16.6 Å². The molecule has 7 heteroatoms. The number of aromatic amines is 1. The van der Waals surface area contributed by atoms with Crippen molar-refractivity contribution >= 4 is 27.4 Å². The van der Waals surface area contributed by atoms with Crippen molar-refractivity contribution in [3.05, 3.63) is 59.9 Å². The van der Waals surface area contributed by atoms with E-state index in [1.165, 1.54) is 22.3 Å². The van der Waals surface area contributed by atoms with E-state index in [0.29, 0.717) is 11.6 Å². The molecule has 5 N–H and O–H groups in total. The van der Waals surface area contributed by atoms with Crippen LogP contribution in [0.1, 0.15) is 11.3 Å². The number of fused-ring (bicyclic) bond motifs is 2. The Morgan fingerprint density at radius 1 is 1.11 bits per heavy atom. The van der Waals surface area contributed by atoms with E-state index in [1.807, 2.05) is 36.5 Å². The quantitative estimate of drug-likeness (QED) is 0.481. The van der Waals surface area contributed by atoms with Crippen molar-refractivity contribution in [1.29, 1.82) is 0 Å². The van der Waals surface area contributed by atoms with Gasteiger partial charge < -0.3 is 25.9 Å². The summed E-state index contributed by atoms with van der Waals surface area (Å²) in [6, 6.07) is 14.1. The largest absolute Gasteiger partial charge is 0.454 e. The van der Waals surface area contributed by atoms with Crippen LogP contribution in [0.5, 0.6) is 11.5 Å². The first kappa shape index (κ1) is 17.1. The highest BCUT2D eigenvalue weighted by molar-refractivity contribution is 7.18. The Hall–Kier alpha value is -3.03. The number of para-hydroxylation sites is 1. The molecule has 0 amide bonds. The van der Waals surface area contributed by atoms with Crippen LogP contribution in [0, 0.1) is 0 Å². The number of rotatable bonds is 5. The molecule has 1 aliphatic rings. The molecule has 3 heterocycles. The van der Waals surface area contributed by atoms with Crippen molar-refractivity contribution in [2.24, 2.45) is 5.73 Å². The summed E-state index contributed by atoms with van der Waals surface area (Å²) in [5.41, 5.74) is 16.8. The number of nitrogens with two attached hydrogens (primary N) is 2. The fourth-order valence-electron chi connectivity index (χ4n) is 3.68. The second-order valence-corrected chi connectivity index (χ2v) is 7.95. The van der Waals surface area contributed by atoms with Crippen LogP contribution in [0.3, 0.4) is 0 Å². The second-order valence-electron chi connectivity index (χ2n) is 6.92. The average molecular weight is 392 g/mol. The Bertz CT molecular complexity index is 1150. The van der Waals surface area contributed by atoms with Crippen molar-refractivity contribution in [3.8, 4) is 21.9 Å². The van der Waals surface area contributed by atoms with Gasteiger partial charge in [0.1, 0.15) is 0 Å². The van der Waals surface area contributed by atoms with Crippen LogP contribution in [0.4, 0.5) is 5.13 Å². The topological polar surface area (TPSA) is 99.2 Å². The van der Waals surface area contributed by atoms with Crippen LogP contribution in [-0.4, -0.2) is 22.8 Å². The molecule has 0 saturated heterocycles. The van der Waals surface area contributed by atoms with Gasteiger partial charge in [0.25, 0.3) is 0 Å². The van der Waals surface area contributed by atoms with Crippen LogP contribution >= 0.6 is 11.3 Å². The molecule has 2 aromatic carbocycles. The molecular formula is C21H20N4O2S. The van der Waals surface area contributed by atoms with Crippen LogP contribution in [0.15, 0.2) is 48.7 Å². The highest BCUT2D eigenvalue weighted by Gasteiger charge is 2.19. The average Bonchev–Trinajstić information content (AvgIpc) is 3.40. The lowest BCUT2D eigenvalue weighted by atomic mass is 10.0. The summed E-state index contributed by atoms with van der Waals surface area (Å²) < 4.78 is 10.9. The van der Waals surface area contributed by atoms with E-state index < -0.39 is 0 Å². The smallest absolute Gasteiger partial charge is 0.231 e. The Balaban J connectivity index is 1.39. The predicted octanol–water partition coefficient (Wildman–Crippen LogP) is 3.71. The zero-order valence-corrected chi connectivity index (χ0v) is 16.0. The molecule has 0 spiro atoms. The molecule has 0 unspecified atom stereocenters. The van der Waals surface area contributed by atoms with Crippen molar-refractivity contribution in [3.63, 3.8) is 0 Å². The molecule has 6 nitrogen and oxygen atoms in total. The Labute approximate surface area is 166 Å². The molecule has 142 valence electrons. The van der Waals surface area contributed by atoms with Crippen LogP contribution in [-0.2, 0) is 12.8 Å². The second kappa shape index (κ2) is 6.85. The first-order chi connectivity index (χ1) is 13.7. The maximum atomic E-state index is 6.50. The lowest BCUT2D eigenvalue weighted by Crippen LogP contribution is -2.25. The molecule has 1 aliphatic heterocycles. The van der Waals surface area contributed by atoms with Gasteiger partial charge in [-0.1, -0.05) is 29.5 Å². The standard InChI is InChI=1S/C21H20N4O2S/c22-14(7-13-10-24-16-4-2-1-3-15(13)16)9-17-20(28-21(23)25-17)12-5-6-18-19(8-12)27-11-26-18/h1-6,8,10,14,24H,7,9,11,22H2,(H2,23,25)/t14-/m0/s1. The van der Waals surface area contributed by atoms with Crippen molar-refractivity contribution in [2.75, 3.05) is 12.5 Å². The molecular weight excluding hydrogens is 372 g/mol. The summed E-state index contributed by atoms with van der Waals surface area (Å²) >= 11 is 1.47. The molecule has 0 radical (unpaired) electrons. The van der Waals surface area contributed by atoms with Crippen LogP contribution < -0.4 is 20.9 Å². The van der Waals surface area contributed by atoms with Gasteiger partial charge in [0.05, 0.1) is 10.6 Å². The summed E-state index contributed by atoms with van der Waals surface area (Å²) in [6.07, 6.45) is 3.46. The fourth-order valence-corrected chi connectivity index (χ4v) is 4.53. The van der Waals surface area contributed by atoms with Crippen molar-refractivity contribution in [2.45, 2.75) is 18.9 Å². The molecule has 28 heavy (non-hydrogen) atoms. The van der Waals surface area contributed by atoms with Gasteiger partial charge in [-0.05, 0) is 41.8 Å². The van der Waals surface area contributed by atoms with Gasteiger partial charge in [-0.3, -0.25) is 0 Å². The molecule has 0 bridgehead atoms. The summed E-state index contributed by atoms with van der Waals surface area (Å²) in [5, 5.41) is 1.76. The fraction of sp³-hybridized carbons (Fsp3) is 0.190. The number of nitrogens with one attached hydrogen (secondary N) is 1. The number of nitrogen functional groups attached to an aromatic ring is 1. The number of aromatic nitrogens is 2. The molecule has 5 rings (SSSR count). The number of hydrogen-bond acceptors (Lipinski definition) is 6. The molecule has 1 atom stereocenters. The molecule has 0 saturated carbocycles. The number of thiazole rings is 1. The number of nitrogens with zero attached hydrogens (tertiary/aromatic N) is 1. The Morgan fingerprint density at radius 3 is 2.89 bits per heavy atom. The maximum absolute atomic E-state index is 6.50. The van der Waals surface area contributed by atoms with Gasteiger partial charge in [0, 0.05) is 29.6 Å². The van der Waals surface area contributed by atoms with E-state index in [-0.39, 0.29) is 12.8 Å². The van der Waals surface area contributed by atoms with Gasteiger partial charge in [0.2, 0.25) is 6.79 Å². The van der Waals surface area contributed by atoms with Gasteiger partial charge in [-0.15, -0.1) is 0 Å². The third kappa shape index (κ3) is 3.08. The number of anilines is 1. The minimum absolute atomic E-state index is 0.0616. The molecule has 0 fully saturated rings. The number of ether oxygens (including phenoxy) is 2. The van der Waals surface area contributed by atoms with E-state index in [2.05, 4.69) is 22.1 Å². The van der Waals surface area contributed by atoms with Gasteiger partial charge in [-0.25, -0.2) is 4.98 Å². The van der Waals surface area contributed by atoms with Crippen LogP contribution in [0.2, 0.25) is 0 Å². The van der Waals surface area contributed by atoms with E-state index in [4.69, 9.17) is 20.9 Å². The van der Waals surface area contributed by atoms with Crippen LogP contribution in [0.25, 0.3) is 21.3 Å². The molecule has 4 aromatic rings. The predicted molar refractivity (Wildman–Crippen MR) is 112 cm³/mol. The zero-order valence-electron chi connectivity index (χ0n) is 15.1. The minimum atomic E-state index is -0.0616. The lowest BCUT2D eigenvalue weighted by Gasteiger charge is -2.11. The molecule has 0 aliphatic carbocycles.